The minimum absolute atomic E-state index is 0.0956. The first kappa shape index (κ1) is 9.99. The fourth-order valence-corrected chi connectivity index (χ4v) is 2.91. The Labute approximate surface area is 74.8 Å². The second-order valence-corrected chi connectivity index (χ2v) is 6.63. The molecule has 0 atom stereocenters. The van der Waals surface area contributed by atoms with Crippen LogP contribution in [0.15, 0.2) is 0 Å². The molecule has 0 heterocycles. The molecule has 1 rings (SSSR count). The topological polar surface area (TPSA) is 37.4 Å². The maximum absolute atomic E-state index is 11.7. The molecule has 0 unspecified atom stereocenters. The van der Waals surface area contributed by atoms with Crippen molar-refractivity contribution in [2.45, 2.75) is 44.4 Å². The van der Waals surface area contributed by atoms with Crippen molar-refractivity contribution in [3.8, 4) is 0 Å². The monoisotopic (exact) mass is 191 g/mol. The van der Waals surface area contributed by atoms with E-state index in [1.807, 2.05) is 20.8 Å². The third-order valence-corrected chi connectivity index (χ3v) is 4.90. The van der Waals surface area contributed by atoms with Gasteiger partial charge in [-0.05, 0) is 33.6 Å². The Bertz CT molecular complexity index is 259. The molecule has 3 nitrogen and oxygen atoms in total. The molecule has 0 radical (unpaired) electrons. The zero-order valence-corrected chi connectivity index (χ0v) is 8.98. The minimum Gasteiger partial charge on any atom is -0.212 e. The summed E-state index contributed by atoms with van der Waals surface area (Å²) in [6, 6.07) is 0. The molecule has 0 amide bonds. The number of sulfonamides is 1. The molecule has 0 aromatic carbocycles. The number of hydrogen-bond acceptors (Lipinski definition) is 2. The first-order valence-electron chi connectivity index (χ1n) is 4.24. The standard InChI is InChI=1S/C8H17NO2S/c1-8(2,3)9(4)12(10,11)7-5-6-7/h7H,5-6H2,1-4H3. The molecular weight excluding hydrogens is 174 g/mol. The number of nitrogens with zero attached hydrogens (tertiary/aromatic N) is 1. The zero-order valence-electron chi connectivity index (χ0n) is 8.16. The van der Waals surface area contributed by atoms with Gasteiger partial charge in [0.25, 0.3) is 0 Å². The average Bonchev–Trinajstić information content (AvgIpc) is 2.64. The maximum Gasteiger partial charge on any atom is 0.217 e. The SMILES string of the molecule is CN(C(C)(C)C)S(=O)(=O)C1CC1. The van der Waals surface area contributed by atoms with Crippen molar-refractivity contribution in [1.82, 2.24) is 4.31 Å². The summed E-state index contributed by atoms with van der Waals surface area (Å²) in [5, 5.41) is -0.0956. The lowest BCUT2D eigenvalue weighted by Gasteiger charge is -2.30. The van der Waals surface area contributed by atoms with Crippen molar-refractivity contribution in [2.75, 3.05) is 7.05 Å². The van der Waals surface area contributed by atoms with Gasteiger partial charge in [-0.3, -0.25) is 0 Å². The van der Waals surface area contributed by atoms with Crippen LogP contribution in [0, 0.1) is 0 Å². The minimum atomic E-state index is -2.99. The molecule has 72 valence electrons. The molecule has 0 aromatic heterocycles. The summed E-state index contributed by atoms with van der Waals surface area (Å²) < 4.78 is 24.8. The molecule has 0 N–H and O–H groups in total. The zero-order chi connectivity index (χ0) is 9.57. The molecule has 1 aliphatic carbocycles. The van der Waals surface area contributed by atoms with Crippen molar-refractivity contribution in [1.29, 1.82) is 0 Å². The van der Waals surface area contributed by atoms with Gasteiger partial charge in [-0.2, -0.15) is 4.31 Å². The van der Waals surface area contributed by atoms with E-state index in [0.29, 0.717) is 0 Å². The molecule has 0 spiro atoms. The van der Waals surface area contributed by atoms with Crippen LogP contribution in [0.25, 0.3) is 0 Å². The maximum atomic E-state index is 11.7. The van der Waals surface area contributed by atoms with E-state index in [4.69, 9.17) is 0 Å². The van der Waals surface area contributed by atoms with E-state index >= 15 is 0 Å². The Morgan fingerprint density at radius 3 is 1.92 bits per heavy atom. The van der Waals surface area contributed by atoms with Crippen molar-refractivity contribution in [3.05, 3.63) is 0 Å². The van der Waals surface area contributed by atoms with Crippen molar-refractivity contribution < 1.29 is 8.42 Å². The predicted octanol–water partition coefficient (Wildman–Crippen LogP) is 1.21. The van der Waals surface area contributed by atoms with Crippen LogP contribution in [0.5, 0.6) is 0 Å². The van der Waals surface area contributed by atoms with Gasteiger partial charge in [0.2, 0.25) is 10.0 Å². The van der Waals surface area contributed by atoms with Gasteiger partial charge in [0, 0.05) is 12.6 Å². The summed E-state index contributed by atoms with van der Waals surface area (Å²) in [7, 11) is -1.33. The van der Waals surface area contributed by atoms with Gasteiger partial charge in [0.15, 0.2) is 0 Å². The number of rotatable bonds is 2. The molecule has 0 aliphatic heterocycles. The second-order valence-electron chi connectivity index (χ2n) is 4.38. The largest absolute Gasteiger partial charge is 0.217 e. The highest BCUT2D eigenvalue weighted by atomic mass is 32.2. The normalized spacial score (nSPS) is 20.1. The first-order valence-corrected chi connectivity index (χ1v) is 5.74. The molecule has 1 fully saturated rings. The Morgan fingerprint density at radius 2 is 1.67 bits per heavy atom. The fourth-order valence-electron chi connectivity index (χ4n) is 0.971. The van der Waals surface area contributed by atoms with Crippen LogP contribution in [-0.4, -0.2) is 30.6 Å². The summed E-state index contributed by atoms with van der Waals surface area (Å²) in [5.41, 5.74) is -0.290. The van der Waals surface area contributed by atoms with E-state index in [2.05, 4.69) is 0 Å². The van der Waals surface area contributed by atoms with Gasteiger partial charge in [-0.15, -0.1) is 0 Å². The molecule has 1 saturated carbocycles. The van der Waals surface area contributed by atoms with Gasteiger partial charge in [-0.25, -0.2) is 8.42 Å². The lowest BCUT2D eigenvalue weighted by Crippen LogP contribution is -2.44. The Kier molecular flexibility index (Phi) is 2.25. The van der Waals surface area contributed by atoms with Gasteiger partial charge < -0.3 is 0 Å². The van der Waals surface area contributed by atoms with E-state index in [0.717, 1.165) is 12.8 Å². The van der Waals surface area contributed by atoms with Gasteiger partial charge in [0.1, 0.15) is 0 Å². The summed E-state index contributed by atoms with van der Waals surface area (Å²) in [6.07, 6.45) is 1.67. The van der Waals surface area contributed by atoms with E-state index < -0.39 is 10.0 Å². The van der Waals surface area contributed by atoms with E-state index in [1.54, 1.807) is 7.05 Å². The number of hydrogen-bond donors (Lipinski definition) is 0. The highest BCUT2D eigenvalue weighted by molar-refractivity contribution is 7.90. The van der Waals surface area contributed by atoms with Crippen LogP contribution in [0.2, 0.25) is 0 Å². The first-order chi connectivity index (χ1) is 5.26. The predicted molar refractivity (Wildman–Crippen MR) is 49.5 cm³/mol. The van der Waals surface area contributed by atoms with Crippen LogP contribution < -0.4 is 0 Å². The summed E-state index contributed by atoms with van der Waals surface area (Å²) in [5.74, 6) is 0. The van der Waals surface area contributed by atoms with Crippen LogP contribution in [-0.2, 0) is 10.0 Å². The average molecular weight is 191 g/mol. The van der Waals surface area contributed by atoms with Gasteiger partial charge in [-0.1, -0.05) is 0 Å². The summed E-state index contributed by atoms with van der Waals surface area (Å²) in [4.78, 5) is 0. The van der Waals surface area contributed by atoms with Crippen LogP contribution in [0.1, 0.15) is 33.6 Å². The molecule has 0 saturated heterocycles. The van der Waals surface area contributed by atoms with E-state index in [-0.39, 0.29) is 10.8 Å². The smallest absolute Gasteiger partial charge is 0.212 e. The van der Waals surface area contributed by atoms with E-state index in [1.165, 1.54) is 4.31 Å². The quantitative estimate of drug-likeness (QED) is 0.658. The molecule has 12 heavy (non-hydrogen) atoms. The van der Waals surface area contributed by atoms with Crippen molar-refractivity contribution in [2.24, 2.45) is 0 Å². The summed E-state index contributed by atoms with van der Waals surface area (Å²) in [6.45, 7) is 5.73. The van der Waals surface area contributed by atoms with Crippen LogP contribution >= 0.6 is 0 Å². The van der Waals surface area contributed by atoms with Gasteiger partial charge >= 0.3 is 0 Å². The third kappa shape index (κ3) is 1.80. The van der Waals surface area contributed by atoms with Crippen LogP contribution in [0.4, 0.5) is 0 Å². The fraction of sp³-hybridized carbons (Fsp3) is 1.00. The van der Waals surface area contributed by atoms with Gasteiger partial charge in [0.05, 0.1) is 5.25 Å². The Hall–Kier alpha value is -0.0900. The third-order valence-electron chi connectivity index (χ3n) is 2.27. The molecule has 1 aliphatic rings. The molecule has 0 aromatic rings. The molecular formula is C8H17NO2S. The lowest BCUT2D eigenvalue weighted by molar-refractivity contribution is 0.291. The Morgan fingerprint density at radius 1 is 1.25 bits per heavy atom. The Balaban J connectivity index is 2.82. The van der Waals surface area contributed by atoms with Crippen LogP contribution in [0.3, 0.4) is 0 Å². The summed E-state index contributed by atoms with van der Waals surface area (Å²) >= 11 is 0. The molecule has 4 heteroatoms. The highest BCUT2D eigenvalue weighted by Crippen LogP contribution is 2.33. The molecule has 0 bridgehead atoms. The highest BCUT2D eigenvalue weighted by Gasteiger charge is 2.41. The van der Waals surface area contributed by atoms with Crippen molar-refractivity contribution in [3.63, 3.8) is 0 Å². The lowest BCUT2D eigenvalue weighted by atomic mass is 10.1. The van der Waals surface area contributed by atoms with E-state index in [9.17, 15) is 8.42 Å². The second kappa shape index (κ2) is 2.70. The van der Waals surface area contributed by atoms with Crippen molar-refractivity contribution >= 4 is 10.0 Å².